The first kappa shape index (κ1) is 19.4. The molecule has 0 spiro atoms. The lowest BCUT2D eigenvalue weighted by Gasteiger charge is -2.61. The Hall–Kier alpha value is -2.54. The van der Waals surface area contributed by atoms with Crippen LogP contribution in [0.3, 0.4) is 0 Å². The molecule has 7 nitrogen and oxygen atoms in total. The van der Waals surface area contributed by atoms with Crippen molar-refractivity contribution < 1.29 is 15.0 Å². The summed E-state index contributed by atoms with van der Waals surface area (Å²) in [4.78, 5) is 24.8. The molecule has 0 saturated heterocycles. The van der Waals surface area contributed by atoms with Crippen molar-refractivity contribution in [3.05, 3.63) is 45.8 Å². The van der Waals surface area contributed by atoms with Crippen LogP contribution in [0.4, 0.5) is 11.4 Å². The van der Waals surface area contributed by atoms with Crippen LogP contribution in [0, 0.1) is 17.3 Å². The van der Waals surface area contributed by atoms with Gasteiger partial charge in [0.25, 0.3) is 5.56 Å². The third-order valence-electron chi connectivity index (χ3n) is 7.17. The van der Waals surface area contributed by atoms with Gasteiger partial charge in [-0.2, -0.15) is 5.10 Å². The predicted octanol–water partition coefficient (Wildman–Crippen LogP) is 4.12. The smallest absolute Gasteiger partial charge is 0.303 e. The zero-order valence-electron chi connectivity index (χ0n) is 16.5. The van der Waals surface area contributed by atoms with E-state index in [-0.39, 0.29) is 28.2 Å². The summed E-state index contributed by atoms with van der Waals surface area (Å²) in [6.07, 6.45) is 7.05. The van der Waals surface area contributed by atoms with Gasteiger partial charge in [-0.05, 0) is 67.9 Å². The summed E-state index contributed by atoms with van der Waals surface area (Å²) in [5.41, 5.74) is -0.0694. The van der Waals surface area contributed by atoms with Crippen LogP contribution in [0.25, 0.3) is 0 Å². The van der Waals surface area contributed by atoms with Crippen molar-refractivity contribution in [3.8, 4) is 5.75 Å². The Morgan fingerprint density at radius 3 is 2.67 bits per heavy atom. The molecular weight excluding hydrogens is 406 g/mol. The van der Waals surface area contributed by atoms with Crippen LogP contribution in [0.15, 0.2) is 35.3 Å². The Morgan fingerprint density at radius 1 is 1.27 bits per heavy atom. The third-order valence-corrected chi connectivity index (χ3v) is 7.54. The zero-order chi connectivity index (χ0) is 21.1. The maximum absolute atomic E-state index is 13.3. The number of aliphatic carboxylic acids is 1. The lowest BCUT2D eigenvalue weighted by atomic mass is 9.46. The summed E-state index contributed by atoms with van der Waals surface area (Å²) in [5.74, 6) is 0.206. The first-order valence-electron chi connectivity index (χ1n) is 10.3. The highest BCUT2D eigenvalue weighted by atomic mass is 35.5. The number of nitrogens with zero attached hydrogens (tertiary/aromatic N) is 2. The fourth-order valence-electron chi connectivity index (χ4n) is 6.77. The summed E-state index contributed by atoms with van der Waals surface area (Å²) in [6, 6.07) is 6.55. The van der Waals surface area contributed by atoms with E-state index in [1.807, 2.05) is 0 Å². The number of aromatic hydroxyl groups is 1. The number of carboxylic acid groups (broad SMARTS) is 1. The molecule has 6 rings (SSSR count). The first-order chi connectivity index (χ1) is 14.3. The molecule has 30 heavy (non-hydrogen) atoms. The van der Waals surface area contributed by atoms with Crippen LogP contribution in [0.2, 0.25) is 5.02 Å². The number of hydrogen-bond donors (Lipinski definition) is 3. The van der Waals surface area contributed by atoms with Crippen molar-refractivity contribution in [2.75, 3.05) is 5.32 Å². The van der Waals surface area contributed by atoms with E-state index in [4.69, 9.17) is 11.6 Å². The number of nitrogens with one attached hydrogen (secondary N) is 1. The van der Waals surface area contributed by atoms with E-state index in [1.54, 1.807) is 24.4 Å². The monoisotopic (exact) mass is 429 g/mol. The fraction of sp³-hybridized carbons (Fsp3) is 0.500. The van der Waals surface area contributed by atoms with E-state index in [0.29, 0.717) is 29.6 Å². The number of carbonyl (C=O) groups is 1. The second kappa shape index (κ2) is 6.74. The Morgan fingerprint density at radius 2 is 2.00 bits per heavy atom. The quantitative estimate of drug-likeness (QED) is 0.660. The second-order valence-electron chi connectivity index (χ2n) is 9.52. The van der Waals surface area contributed by atoms with E-state index >= 15 is 0 Å². The van der Waals surface area contributed by atoms with Crippen LogP contribution in [0.1, 0.15) is 44.9 Å². The van der Waals surface area contributed by atoms with E-state index < -0.39 is 11.5 Å². The summed E-state index contributed by atoms with van der Waals surface area (Å²) in [6.45, 7) is 0. The largest absolute Gasteiger partial charge is 0.508 e. The standard InChI is InChI=1S/C22H24ClN3O4/c23-19-17(25-15-2-1-3-16(27)5-15)11-24-26(20(19)30)22-8-13-4-14(9-22)7-21(6-13,12-22)10-18(28)29/h1-3,5,11,13-14,25,27H,4,6-10,12H2,(H,28,29)/t13-,14+,21?,22?. The summed E-state index contributed by atoms with van der Waals surface area (Å²) in [5, 5.41) is 26.7. The Balaban J connectivity index is 1.51. The molecule has 4 aliphatic rings. The Labute approximate surface area is 178 Å². The molecule has 4 bridgehead atoms. The first-order valence-corrected chi connectivity index (χ1v) is 10.7. The topological polar surface area (TPSA) is 104 Å². The molecule has 1 aromatic carbocycles. The lowest BCUT2D eigenvalue weighted by Crippen LogP contribution is -2.59. The number of rotatable bonds is 5. The third kappa shape index (κ3) is 3.16. The number of benzene rings is 1. The molecule has 2 aromatic rings. The molecule has 4 fully saturated rings. The van der Waals surface area contributed by atoms with Crippen molar-refractivity contribution in [1.82, 2.24) is 9.78 Å². The maximum atomic E-state index is 13.3. The molecule has 158 valence electrons. The maximum Gasteiger partial charge on any atom is 0.303 e. The number of phenols is 1. The number of carboxylic acids is 1. The number of phenolic OH excluding ortho intramolecular Hbond substituents is 1. The summed E-state index contributed by atoms with van der Waals surface area (Å²) in [7, 11) is 0. The van der Waals surface area contributed by atoms with Crippen LogP contribution in [-0.2, 0) is 10.3 Å². The lowest BCUT2D eigenvalue weighted by molar-refractivity contribution is -0.151. The molecule has 0 amide bonds. The average Bonchev–Trinajstić information content (AvgIpc) is 2.63. The number of hydrogen-bond acceptors (Lipinski definition) is 5. The molecule has 0 aliphatic heterocycles. The highest BCUT2D eigenvalue weighted by molar-refractivity contribution is 6.33. The van der Waals surface area contributed by atoms with Gasteiger partial charge in [0, 0.05) is 11.8 Å². The van der Waals surface area contributed by atoms with Crippen molar-refractivity contribution in [3.63, 3.8) is 0 Å². The van der Waals surface area contributed by atoms with Gasteiger partial charge in [0.05, 0.1) is 23.8 Å². The van der Waals surface area contributed by atoms with Crippen molar-refractivity contribution >= 4 is 28.9 Å². The number of aromatic nitrogens is 2. The average molecular weight is 430 g/mol. The molecule has 4 aliphatic carbocycles. The van der Waals surface area contributed by atoms with Gasteiger partial charge in [0.2, 0.25) is 0 Å². The van der Waals surface area contributed by atoms with Crippen LogP contribution >= 0.6 is 11.6 Å². The predicted molar refractivity (Wildman–Crippen MR) is 112 cm³/mol. The summed E-state index contributed by atoms with van der Waals surface area (Å²) >= 11 is 6.45. The molecule has 4 saturated carbocycles. The normalized spacial score (nSPS) is 31.6. The molecule has 1 aromatic heterocycles. The highest BCUT2D eigenvalue weighted by Gasteiger charge is 2.59. The van der Waals surface area contributed by atoms with Gasteiger partial charge < -0.3 is 15.5 Å². The van der Waals surface area contributed by atoms with E-state index in [1.165, 1.54) is 10.7 Å². The zero-order valence-corrected chi connectivity index (χ0v) is 17.2. The van der Waals surface area contributed by atoms with E-state index in [9.17, 15) is 19.8 Å². The van der Waals surface area contributed by atoms with Crippen LogP contribution in [-0.4, -0.2) is 26.0 Å². The SMILES string of the molecule is O=C(O)CC12C[C@H]3C[C@@H](C1)CC(n1ncc(Nc4cccc(O)c4)c(Cl)c1=O)(C3)C2. The number of halogens is 1. The van der Waals surface area contributed by atoms with Gasteiger partial charge >= 0.3 is 5.97 Å². The number of anilines is 2. The van der Waals surface area contributed by atoms with Gasteiger partial charge in [0.15, 0.2) is 0 Å². The molecule has 3 N–H and O–H groups in total. The molecule has 8 heteroatoms. The minimum absolute atomic E-state index is 0.0522. The van der Waals surface area contributed by atoms with Crippen LogP contribution in [0.5, 0.6) is 5.75 Å². The van der Waals surface area contributed by atoms with Crippen LogP contribution < -0.4 is 10.9 Å². The fourth-order valence-corrected chi connectivity index (χ4v) is 6.95. The van der Waals surface area contributed by atoms with Crippen molar-refractivity contribution in [1.29, 1.82) is 0 Å². The van der Waals surface area contributed by atoms with E-state index in [2.05, 4.69) is 10.4 Å². The molecule has 4 atom stereocenters. The molecular formula is C22H24ClN3O4. The Bertz CT molecular complexity index is 1070. The summed E-state index contributed by atoms with van der Waals surface area (Å²) < 4.78 is 1.54. The van der Waals surface area contributed by atoms with Gasteiger partial charge in [-0.25, -0.2) is 4.68 Å². The van der Waals surface area contributed by atoms with Gasteiger partial charge in [0.1, 0.15) is 10.8 Å². The second-order valence-corrected chi connectivity index (χ2v) is 9.90. The highest BCUT2D eigenvalue weighted by Crippen LogP contribution is 2.65. The van der Waals surface area contributed by atoms with Gasteiger partial charge in [-0.1, -0.05) is 17.7 Å². The minimum Gasteiger partial charge on any atom is -0.508 e. The van der Waals surface area contributed by atoms with E-state index in [0.717, 1.165) is 32.1 Å². The molecule has 1 heterocycles. The van der Waals surface area contributed by atoms with Gasteiger partial charge in [-0.3, -0.25) is 9.59 Å². The molecule has 2 unspecified atom stereocenters. The van der Waals surface area contributed by atoms with Crippen molar-refractivity contribution in [2.24, 2.45) is 17.3 Å². The Kier molecular flexibility index (Phi) is 4.36. The van der Waals surface area contributed by atoms with Crippen molar-refractivity contribution in [2.45, 2.75) is 50.5 Å². The minimum atomic E-state index is -0.767. The van der Waals surface area contributed by atoms with Gasteiger partial charge in [-0.15, -0.1) is 0 Å². The molecule has 0 radical (unpaired) electrons.